The molecule has 2 heterocycles. The third kappa shape index (κ3) is 4.89. The van der Waals surface area contributed by atoms with Crippen LogP contribution in [0.4, 0.5) is 24.7 Å². The van der Waals surface area contributed by atoms with Crippen LogP contribution in [0.5, 0.6) is 0 Å². The minimum absolute atomic E-state index is 0.113. The first-order valence-electron chi connectivity index (χ1n) is 13.1. The van der Waals surface area contributed by atoms with Crippen molar-refractivity contribution in [3.8, 4) is 11.1 Å². The summed E-state index contributed by atoms with van der Waals surface area (Å²) < 4.78 is 41.3. The number of nitrogens with zero attached hydrogens (tertiary/aromatic N) is 4. The number of pyridine rings is 1. The molecule has 2 aromatic heterocycles. The van der Waals surface area contributed by atoms with Gasteiger partial charge in [-0.1, -0.05) is 30.3 Å². The first-order valence-corrected chi connectivity index (χ1v) is 13.1. The Morgan fingerprint density at radius 3 is 2.29 bits per heavy atom. The van der Waals surface area contributed by atoms with Crippen LogP contribution in [0.3, 0.4) is 0 Å². The number of carbonyl (C=O) groups is 2. The Labute approximate surface area is 235 Å². The van der Waals surface area contributed by atoms with Crippen LogP contribution in [-0.4, -0.2) is 45.6 Å². The van der Waals surface area contributed by atoms with Crippen LogP contribution in [0.2, 0.25) is 0 Å². The van der Waals surface area contributed by atoms with E-state index in [1.54, 1.807) is 44.0 Å². The second kappa shape index (κ2) is 9.60. The van der Waals surface area contributed by atoms with Crippen molar-refractivity contribution in [3.63, 3.8) is 0 Å². The number of benzene rings is 2. The lowest BCUT2D eigenvalue weighted by Gasteiger charge is -2.27. The number of carbonyl (C=O) groups excluding carboxylic acids is 2. The van der Waals surface area contributed by atoms with Crippen LogP contribution < -0.4 is 11.1 Å². The van der Waals surface area contributed by atoms with Gasteiger partial charge in [0.2, 0.25) is 11.8 Å². The van der Waals surface area contributed by atoms with Gasteiger partial charge in [-0.2, -0.15) is 18.3 Å². The quantitative estimate of drug-likeness (QED) is 0.332. The molecule has 5 rings (SSSR count). The maximum Gasteiger partial charge on any atom is 0.416 e. The van der Waals surface area contributed by atoms with Crippen LogP contribution in [-0.2, 0) is 33.6 Å². The molecule has 214 valence electrons. The minimum atomic E-state index is -4.48. The summed E-state index contributed by atoms with van der Waals surface area (Å²) in [5, 5.41) is 7.84. The van der Waals surface area contributed by atoms with Gasteiger partial charge < -0.3 is 16.0 Å². The van der Waals surface area contributed by atoms with Gasteiger partial charge in [-0.15, -0.1) is 0 Å². The molecule has 1 aliphatic carbocycles. The number of rotatable bonds is 6. The number of halogens is 3. The Hall–Kier alpha value is -4.41. The number of alkyl halides is 3. The molecule has 0 unspecified atom stereocenters. The molecule has 1 saturated carbocycles. The van der Waals surface area contributed by atoms with Gasteiger partial charge in [-0.25, -0.2) is 9.67 Å². The van der Waals surface area contributed by atoms with Crippen molar-refractivity contribution in [2.45, 2.75) is 43.7 Å². The molecule has 2 amide bonds. The summed E-state index contributed by atoms with van der Waals surface area (Å²) in [6, 6.07) is 13.9. The fourth-order valence-corrected chi connectivity index (χ4v) is 5.24. The summed E-state index contributed by atoms with van der Waals surface area (Å²) in [6.45, 7) is 3.62. The number of hydrogen-bond donors (Lipinski definition) is 2. The number of aromatic nitrogens is 3. The summed E-state index contributed by atoms with van der Waals surface area (Å²) in [5.41, 5.74) is 7.01. The van der Waals surface area contributed by atoms with E-state index < -0.39 is 22.6 Å². The molecule has 1 aliphatic rings. The molecule has 0 spiro atoms. The lowest BCUT2D eigenvalue weighted by molar-refractivity contribution is -0.137. The first-order chi connectivity index (χ1) is 19.1. The van der Waals surface area contributed by atoms with E-state index in [-0.39, 0.29) is 11.8 Å². The SMILES string of the molecule is CN(C)C(=O)C(C)(C)c1cc(-c2ccc(NC(=O)C3(c4cccc(C(F)(F)F)c4)CC3)cc2)c2c(N)nn(C)c2n1. The fourth-order valence-electron chi connectivity index (χ4n) is 5.24. The molecular formula is C30H31F3N6O2. The van der Waals surface area contributed by atoms with Gasteiger partial charge in [0, 0.05) is 26.8 Å². The zero-order valence-electron chi connectivity index (χ0n) is 23.4. The molecule has 4 aromatic rings. The molecule has 0 radical (unpaired) electrons. The van der Waals surface area contributed by atoms with E-state index in [2.05, 4.69) is 10.4 Å². The average molecular weight is 565 g/mol. The number of nitrogens with one attached hydrogen (secondary N) is 1. The van der Waals surface area contributed by atoms with Crippen LogP contribution in [0.15, 0.2) is 54.6 Å². The number of amides is 2. The zero-order valence-corrected chi connectivity index (χ0v) is 23.4. The number of aryl methyl sites for hydroxylation is 1. The number of likely N-dealkylation sites (N-methyl/N-ethyl adjacent to an activating group) is 1. The van der Waals surface area contributed by atoms with Crippen molar-refractivity contribution in [3.05, 3.63) is 71.4 Å². The largest absolute Gasteiger partial charge is 0.416 e. The summed E-state index contributed by atoms with van der Waals surface area (Å²) in [4.78, 5) is 32.5. The van der Waals surface area contributed by atoms with E-state index >= 15 is 0 Å². The Morgan fingerprint density at radius 1 is 1.05 bits per heavy atom. The minimum Gasteiger partial charge on any atom is -0.382 e. The number of nitrogens with two attached hydrogens (primary N) is 1. The van der Waals surface area contributed by atoms with Crippen molar-refractivity contribution in [1.82, 2.24) is 19.7 Å². The second-order valence-electron chi connectivity index (χ2n) is 11.3. The highest BCUT2D eigenvalue weighted by atomic mass is 19.4. The normalized spacial score (nSPS) is 14.6. The summed E-state index contributed by atoms with van der Waals surface area (Å²) in [6.07, 6.45) is -3.54. The first kappa shape index (κ1) is 28.1. The predicted molar refractivity (Wildman–Crippen MR) is 151 cm³/mol. The van der Waals surface area contributed by atoms with Crippen LogP contribution in [0.25, 0.3) is 22.2 Å². The Kier molecular flexibility index (Phi) is 6.59. The molecule has 0 bridgehead atoms. The smallest absolute Gasteiger partial charge is 0.382 e. The van der Waals surface area contributed by atoms with Crippen molar-refractivity contribution in [1.29, 1.82) is 0 Å². The van der Waals surface area contributed by atoms with E-state index in [0.29, 0.717) is 46.6 Å². The molecular weight excluding hydrogens is 533 g/mol. The third-order valence-electron chi connectivity index (χ3n) is 7.78. The highest BCUT2D eigenvalue weighted by Crippen LogP contribution is 2.50. The Bertz CT molecular complexity index is 1670. The Balaban J connectivity index is 1.47. The lowest BCUT2D eigenvalue weighted by atomic mass is 9.85. The summed E-state index contributed by atoms with van der Waals surface area (Å²) in [5.74, 6) is -0.167. The predicted octanol–water partition coefficient (Wildman–Crippen LogP) is 5.27. The van der Waals surface area contributed by atoms with Gasteiger partial charge in [0.15, 0.2) is 11.5 Å². The zero-order chi connectivity index (χ0) is 29.9. The molecule has 3 N–H and O–H groups in total. The van der Waals surface area contributed by atoms with Gasteiger partial charge in [0.1, 0.15) is 0 Å². The second-order valence-corrected chi connectivity index (χ2v) is 11.3. The molecule has 0 saturated heterocycles. The van der Waals surface area contributed by atoms with Gasteiger partial charge in [0.05, 0.1) is 27.5 Å². The van der Waals surface area contributed by atoms with Crippen molar-refractivity contribution < 1.29 is 22.8 Å². The number of fused-ring (bicyclic) bond motifs is 1. The molecule has 41 heavy (non-hydrogen) atoms. The monoisotopic (exact) mass is 564 g/mol. The van der Waals surface area contributed by atoms with Crippen LogP contribution in [0.1, 0.15) is 43.5 Å². The maximum absolute atomic E-state index is 13.3. The highest BCUT2D eigenvalue weighted by Gasteiger charge is 2.52. The third-order valence-corrected chi connectivity index (χ3v) is 7.78. The molecule has 1 fully saturated rings. The van der Waals surface area contributed by atoms with Crippen molar-refractivity contribution in [2.24, 2.45) is 7.05 Å². The van der Waals surface area contributed by atoms with Crippen molar-refractivity contribution >= 4 is 34.4 Å². The van der Waals surface area contributed by atoms with E-state index in [4.69, 9.17) is 10.7 Å². The van der Waals surface area contributed by atoms with Gasteiger partial charge in [-0.05, 0) is 67.6 Å². The van der Waals surface area contributed by atoms with E-state index in [1.807, 2.05) is 32.0 Å². The molecule has 0 atom stereocenters. The van der Waals surface area contributed by atoms with E-state index in [9.17, 15) is 22.8 Å². The standard InChI is InChI=1S/C30H31F3N6O2/c1-28(2,27(41)38(3)4)22-16-21(23-24(34)37-39(5)25(23)36-22)17-9-11-20(12-10-17)35-26(40)29(13-14-29)18-7-6-8-19(15-18)30(31,32)33/h6-12,15-16H,13-14H2,1-5H3,(H2,34,37)(H,35,40). The van der Waals surface area contributed by atoms with Gasteiger partial charge in [-0.3, -0.25) is 9.59 Å². The van der Waals surface area contributed by atoms with E-state index in [1.165, 1.54) is 11.0 Å². The summed E-state index contributed by atoms with van der Waals surface area (Å²) in [7, 11) is 5.12. The highest BCUT2D eigenvalue weighted by molar-refractivity contribution is 6.03. The molecule has 2 aromatic carbocycles. The van der Waals surface area contributed by atoms with Crippen LogP contribution >= 0.6 is 0 Å². The molecule has 11 heteroatoms. The topological polar surface area (TPSA) is 106 Å². The van der Waals surface area contributed by atoms with Crippen molar-refractivity contribution in [2.75, 3.05) is 25.1 Å². The summed E-state index contributed by atoms with van der Waals surface area (Å²) >= 11 is 0. The number of anilines is 2. The molecule has 0 aliphatic heterocycles. The fraction of sp³-hybridized carbons (Fsp3) is 0.333. The van der Waals surface area contributed by atoms with Gasteiger partial charge >= 0.3 is 6.18 Å². The number of nitrogen functional groups attached to an aromatic ring is 1. The van der Waals surface area contributed by atoms with Crippen LogP contribution in [0, 0.1) is 0 Å². The lowest BCUT2D eigenvalue weighted by Crippen LogP contribution is -2.39. The van der Waals surface area contributed by atoms with E-state index in [0.717, 1.165) is 23.3 Å². The number of hydrogen-bond acceptors (Lipinski definition) is 5. The average Bonchev–Trinajstić information content (AvgIpc) is 3.69. The molecule has 8 nitrogen and oxygen atoms in total. The Morgan fingerprint density at radius 2 is 1.71 bits per heavy atom. The maximum atomic E-state index is 13.3. The van der Waals surface area contributed by atoms with Gasteiger partial charge in [0.25, 0.3) is 0 Å².